The molecule has 1 aliphatic rings. The first-order chi connectivity index (χ1) is 18.6. The molecule has 1 heterocycles. The number of hydrogen-bond donors (Lipinski definition) is 0. The largest absolute Gasteiger partial charge is 0.497 e. The zero-order valence-electron chi connectivity index (χ0n) is 22.7. The summed E-state index contributed by atoms with van der Waals surface area (Å²) in [6.45, 7) is 6.02. The first kappa shape index (κ1) is 27.5. The predicted molar refractivity (Wildman–Crippen MR) is 150 cm³/mol. The molecule has 1 saturated heterocycles. The Morgan fingerprint density at radius 2 is 1.34 bits per heavy atom. The number of carbonyl (C=O) groups is 1. The number of benzene rings is 3. The SMILES string of the molecule is CCOC(=O)c1ccc(OCCCN2CCC(C(c3ccc(OC)cc3)c3ccc(OC)cc3)CC2)cc1. The summed E-state index contributed by atoms with van der Waals surface area (Å²) in [5.41, 5.74) is 3.21. The van der Waals surface area contributed by atoms with Crippen LogP contribution < -0.4 is 14.2 Å². The molecule has 0 N–H and O–H groups in total. The van der Waals surface area contributed by atoms with Crippen molar-refractivity contribution < 1.29 is 23.7 Å². The number of hydrogen-bond acceptors (Lipinski definition) is 6. The number of esters is 1. The Labute approximate surface area is 226 Å². The molecule has 0 saturated carbocycles. The number of ether oxygens (including phenoxy) is 4. The molecule has 6 nitrogen and oxygen atoms in total. The molecule has 1 fully saturated rings. The Morgan fingerprint density at radius 1 is 0.816 bits per heavy atom. The molecule has 0 spiro atoms. The molecular weight excluding hydrogens is 478 g/mol. The molecule has 202 valence electrons. The summed E-state index contributed by atoms with van der Waals surface area (Å²) in [6.07, 6.45) is 3.27. The van der Waals surface area contributed by atoms with Gasteiger partial charge in [-0.3, -0.25) is 0 Å². The van der Waals surface area contributed by atoms with E-state index in [0.717, 1.165) is 56.1 Å². The van der Waals surface area contributed by atoms with Crippen LogP contribution in [0.15, 0.2) is 72.8 Å². The van der Waals surface area contributed by atoms with E-state index in [1.807, 2.05) is 12.1 Å². The van der Waals surface area contributed by atoms with Crippen LogP contribution >= 0.6 is 0 Å². The average molecular weight is 518 g/mol. The molecule has 4 rings (SSSR count). The molecule has 0 amide bonds. The maximum Gasteiger partial charge on any atom is 0.338 e. The number of carbonyl (C=O) groups excluding carboxylic acids is 1. The molecule has 0 bridgehead atoms. The Balaban J connectivity index is 1.29. The molecule has 0 unspecified atom stereocenters. The lowest BCUT2D eigenvalue weighted by atomic mass is 9.76. The van der Waals surface area contributed by atoms with E-state index < -0.39 is 0 Å². The summed E-state index contributed by atoms with van der Waals surface area (Å²) < 4.78 is 21.7. The third-order valence-corrected chi connectivity index (χ3v) is 7.31. The Kier molecular flexibility index (Phi) is 10.0. The van der Waals surface area contributed by atoms with Crippen molar-refractivity contribution in [2.75, 3.05) is 47.1 Å². The van der Waals surface area contributed by atoms with E-state index in [4.69, 9.17) is 18.9 Å². The molecule has 0 aliphatic carbocycles. The van der Waals surface area contributed by atoms with Crippen LogP contribution in [0, 0.1) is 5.92 Å². The highest BCUT2D eigenvalue weighted by Gasteiger charge is 2.29. The fraction of sp³-hybridized carbons (Fsp3) is 0.406. The van der Waals surface area contributed by atoms with Gasteiger partial charge in [0, 0.05) is 12.5 Å². The van der Waals surface area contributed by atoms with Crippen LogP contribution in [0.2, 0.25) is 0 Å². The highest BCUT2D eigenvalue weighted by Crippen LogP contribution is 2.39. The van der Waals surface area contributed by atoms with Gasteiger partial charge in [0.1, 0.15) is 17.2 Å². The van der Waals surface area contributed by atoms with Crippen LogP contribution in [0.25, 0.3) is 0 Å². The smallest absolute Gasteiger partial charge is 0.338 e. The van der Waals surface area contributed by atoms with Gasteiger partial charge in [-0.05, 0) is 105 Å². The van der Waals surface area contributed by atoms with Gasteiger partial charge in [0.05, 0.1) is 33.0 Å². The number of rotatable bonds is 12. The van der Waals surface area contributed by atoms with Crippen LogP contribution in [-0.2, 0) is 4.74 Å². The van der Waals surface area contributed by atoms with Crippen molar-refractivity contribution in [2.45, 2.75) is 32.1 Å². The van der Waals surface area contributed by atoms with Gasteiger partial charge in [-0.25, -0.2) is 4.79 Å². The average Bonchev–Trinajstić information content (AvgIpc) is 2.97. The van der Waals surface area contributed by atoms with Gasteiger partial charge < -0.3 is 23.8 Å². The van der Waals surface area contributed by atoms with Gasteiger partial charge in [-0.15, -0.1) is 0 Å². The Hall–Kier alpha value is -3.51. The van der Waals surface area contributed by atoms with Crippen LogP contribution in [0.4, 0.5) is 0 Å². The second-order valence-electron chi connectivity index (χ2n) is 9.65. The number of methoxy groups -OCH3 is 2. The molecule has 38 heavy (non-hydrogen) atoms. The van der Waals surface area contributed by atoms with Crippen molar-refractivity contribution in [3.05, 3.63) is 89.5 Å². The zero-order valence-corrected chi connectivity index (χ0v) is 22.7. The van der Waals surface area contributed by atoms with Crippen LogP contribution in [0.5, 0.6) is 17.2 Å². The third kappa shape index (κ3) is 7.29. The van der Waals surface area contributed by atoms with Crippen molar-refractivity contribution in [3.63, 3.8) is 0 Å². The quantitative estimate of drug-likeness (QED) is 0.211. The standard InChI is InChI=1S/C32H39NO5/c1-4-37-32(34)27-10-16-30(17-11-27)38-23-5-20-33-21-18-26(19-22-33)31(24-6-12-28(35-2)13-7-24)25-8-14-29(36-3)15-9-25/h6-17,26,31H,4-5,18-23H2,1-3H3. The minimum atomic E-state index is -0.302. The summed E-state index contributed by atoms with van der Waals surface area (Å²) in [7, 11) is 3.41. The maximum absolute atomic E-state index is 11.8. The van der Waals surface area contributed by atoms with E-state index in [2.05, 4.69) is 53.4 Å². The van der Waals surface area contributed by atoms with E-state index in [1.165, 1.54) is 11.1 Å². The minimum absolute atomic E-state index is 0.302. The summed E-state index contributed by atoms with van der Waals surface area (Å²) in [5.74, 6) is 3.16. The fourth-order valence-electron chi connectivity index (χ4n) is 5.25. The van der Waals surface area contributed by atoms with Crippen molar-refractivity contribution in [3.8, 4) is 17.2 Å². The van der Waals surface area contributed by atoms with Crippen molar-refractivity contribution in [1.29, 1.82) is 0 Å². The van der Waals surface area contributed by atoms with E-state index in [0.29, 0.717) is 30.6 Å². The number of nitrogens with zero attached hydrogens (tertiary/aromatic N) is 1. The van der Waals surface area contributed by atoms with Gasteiger partial charge in [-0.2, -0.15) is 0 Å². The molecule has 3 aromatic rings. The lowest BCUT2D eigenvalue weighted by Crippen LogP contribution is -2.36. The van der Waals surface area contributed by atoms with Crippen molar-refractivity contribution in [1.82, 2.24) is 4.90 Å². The molecule has 3 aromatic carbocycles. The van der Waals surface area contributed by atoms with Gasteiger partial charge in [0.2, 0.25) is 0 Å². The fourth-order valence-corrected chi connectivity index (χ4v) is 5.25. The van der Waals surface area contributed by atoms with E-state index >= 15 is 0 Å². The topological polar surface area (TPSA) is 57.2 Å². The molecule has 6 heteroatoms. The summed E-state index contributed by atoms with van der Waals surface area (Å²) in [5, 5.41) is 0. The molecule has 0 aromatic heterocycles. The van der Waals surface area contributed by atoms with Crippen LogP contribution in [-0.4, -0.2) is 57.9 Å². The van der Waals surface area contributed by atoms with Crippen LogP contribution in [0.1, 0.15) is 53.6 Å². The first-order valence-corrected chi connectivity index (χ1v) is 13.5. The molecule has 0 atom stereocenters. The van der Waals surface area contributed by atoms with Crippen molar-refractivity contribution >= 4 is 5.97 Å². The monoisotopic (exact) mass is 517 g/mol. The van der Waals surface area contributed by atoms with Gasteiger partial charge in [-0.1, -0.05) is 24.3 Å². The first-order valence-electron chi connectivity index (χ1n) is 13.5. The number of likely N-dealkylation sites (tertiary alicyclic amines) is 1. The second-order valence-corrected chi connectivity index (χ2v) is 9.65. The van der Waals surface area contributed by atoms with E-state index in [1.54, 1.807) is 33.3 Å². The lowest BCUT2D eigenvalue weighted by molar-refractivity contribution is 0.0526. The van der Waals surface area contributed by atoms with Gasteiger partial charge >= 0.3 is 5.97 Å². The third-order valence-electron chi connectivity index (χ3n) is 7.31. The highest BCUT2D eigenvalue weighted by molar-refractivity contribution is 5.89. The summed E-state index contributed by atoms with van der Waals surface area (Å²) in [6, 6.07) is 24.2. The van der Waals surface area contributed by atoms with E-state index in [9.17, 15) is 4.79 Å². The Morgan fingerprint density at radius 3 is 1.84 bits per heavy atom. The van der Waals surface area contributed by atoms with Gasteiger partial charge in [0.25, 0.3) is 0 Å². The number of piperidine rings is 1. The zero-order chi connectivity index (χ0) is 26.7. The minimum Gasteiger partial charge on any atom is -0.497 e. The summed E-state index contributed by atoms with van der Waals surface area (Å²) in [4.78, 5) is 14.3. The lowest BCUT2D eigenvalue weighted by Gasteiger charge is -2.36. The predicted octanol–water partition coefficient (Wildman–Crippen LogP) is 6.19. The van der Waals surface area contributed by atoms with Crippen LogP contribution in [0.3, 0.4) is 0 Å². The van der Waals surface area contributed by atoms with E-state index in [-0.39, 0.29) is 5.97 Å². The Bertz CT molecular complexity index is 1070. The molecular formula is C32H39NO5. The molecule has 0 radical (unpaired) electrons. The summed E-state index contributed by atoms with van der Waals surface area (Å²) >= 11 is 0. The highest BCUT2D eigenvalue weighted by atomic mass is 16.5. The second kappa shape index (κ2) is 13.9. The molecule has 1 aliphatic heterocycles. The maximum atomic E-state index is 11.8. The van der Waals surface area contributed by atoms with Crippen molar-refractivity contribution in [2.24, 2.45) is 5.92 Å². The van der Waals surface area contributed by atoms with Gasteiger partial charge in [0.15, 0.2) is 0 Å². The normalized spacial score (nSPS) is 14.3.